The number of rotatable bonds is 13. The maximum absolute atomic E-state index is 14.5. The Morgan fingerprint density at radius 3 is 2.63 bits per heavy atom. The lowest BCUT2D eigenvalue weighted by Gasteiger charge is -2.40. The first-order valence-electron chi connectivity index (χ1n) is 13.4. The predicted molar refractivity (Wildman–Crippen MR) is 151 cm³/mol. The number of allylic oxidation sites excluding steroid dienone is 1. The van der Waals surface area contributed by atoms with Crippen molar-refractivity contribution in [2.45, 2.75) is 55.1 Å². The first kappa shape index (κ1) is 28.7. The second-order valence-corrected chi connectivity index (χ2v) is 12.3. The molecule has 0 aromatic heterocycles. The van der Waals surface area contributed by atoms with E-state index in [1.807, 2.05) is 0 Å². The van der Waals surface area contributed by atoms with Crippen LogP contribution in [0.1, 0.15) is 39.0 Å². The molecular weight excluding hydrogens is 524 g/mol. The van der Waals surface area contributed by atoms with Crippen LogP contribution in [0.15, 0.2) is 49.6 Å². The molecule has 4 rings (SSSR count). The summed E-state index contributed by atoms with van der Waals surface area (Å²) in [5.74, 6) is -1.83. The third-order valence-electron chi connectivity index (χ3n) is 8.07. The van der Waals surface area contributed by atoms with Crippen molar-refractivity contribution in [1.29, 1.82) is 0 Å². The minimum Gasteiger partial charge on any atom is -0.465 e. The van der Waals surface area contributed by atoms with Gasteiger partial charge in [-0.05, 0) is 62.3 Å². The van der Waals surface area contributed by atoms with Gasteiger partial charge < -0.3 is 19.6 Å². The summed E-state index contributed by atoms with van der Waals surface area (Å²) in [6, 6.07) is 6.31. The Kier molecular flexibility index (Phi) is 9.27. The van der Waals surface area contributed by atoms with E-state index in [1.165, 1.54) is 0 Å². The standard InChI is InChI=1S/C29H37ClN2O5S/c1-4-6-9-17-37-28(36)23-22-18-19(3)29(38-22)24(23)26(34)32(15-7-8-16-33)25(29)27(35)31(14-5-2)21-12-10-20(30)11-13-21/h4-5,10-13,19,22-25,33H,1-2,6-9,14-18H2,3H3/t19?,22-,23+,24+,25?,29?/m1/s1. The Hall–Kier alpha value is -2.29. The van der Waals surface area contributed by atoms with Crippen LogP contribution in [-0.4, -0.2) is 70.1 Å². The molecule has 2 bridgehead atoms. The second-order valence-electron chi connectivity index (χ2n) is 10.3. The van der Waals surface area contributed by atoms with Gasteiger partial charge in [-0.15, -0.1) is 24.9 Å². The van der Waals surface area contributed by atoms with Gasteiger partial charge in [0, 0.05) is 35.7 Å². The lowest BCUT2D eigenvalue weighted by atomic mass is 9.66. The summed E-state index contributed by atoms with van der Waals surface area (Å²) >= 11 is 7.74. The number of amides is 2. The van der Waals surface area contributed by atoms with E-state index < -0.39 is 22.6 Å². The van der Waals surface area contributed by atoms with E-state index in [4.69, 9.17) is 16.3 Å². The molecule has 0 saturated carbocycles. The van der Waals surface area contributed by atoms with Crippen LogP contribution in [0, 0.1) is 17.8 Å². The fourth-order valence-electron chi connectivity index (χ4n) is 6.42. The van der Waals surface area contributed by atoms with Gasteiger partial charge in [-0.2, -0.15) is 0 Å². The first-order valence-corrected chi connectivity index (χ1v) is 14.6. The van der Waals surface area contributed by atoms with Crippen molar-refractivity contribution in [1.82, 2.24) is 4.90 Å². The molecule has 7 nitrogen and oxygen atoms in total. The number of hydrogen-bond donors (Lipinski definition) is 1. The number of nitrogens with zero attached hydrogens (tertiary/aromatic N) is 2. The summed E-state index contributed by atoms with van der Waals surface area (Å²) < 4.78 is 4.91. The number of halogens is 1. The highest BCUT2D eigenvalue weighted by molar-refractivity contribution is 8.02. The van der Waals surface area contributed by atoms with Crippen LogP contribution < -0.4 is 4.90 Å². The van der Waals surface area contributed by atoms with Gasteiger partial charge in [-0.25, -0.2) is 0 Å². The fraction of sp³-hybridized carbons (Fsp3) is 0.552. The zero-order valence-corrected chi connectivity index (χ0v) is 23.5. The zero-order chi connectivity index (χ0) is 27.4. The SMILES string of the molecule is C=CCCCOC(=O)[C@@H]1[C@H]2C(=O)N(CCCCO)C(C(=O)N(CC=C)c3ccc(Cl)cc3)C23S[C@@H]1CC3C. The largest absolute Gasteiger partial charge is 0.465 e. The Morgan fingerprint density at radius 1 is 1.24 bits per heavy atom. The summed E-state index contributed by atoms with van der Waals surface area (Å²) in [5.41, 5.74) is 0.672. The lowest BCUT2D eigenvalue weighted by molar-refractivity contribution is -0.154. The second kappa shape index (κ2) is 12.3. The van der Waals surface area contributed by atoms with Gasteiger partial charge in [0.1, 0.15) is 6.04 Å². The Balaban J connectivity index is 1.71. The Labute approximate surface area is 234 Å². The number of aliphatic hydroxyl groups excluding tert-OH is 1. The van der Waals surface area contributed by atoms with Crippen molar-refractivity contribution in [3.63, 3.8) is 0 Å². The van der Waals surface area contributed by atoms with Gasteiger partial charge in [-0.3, -0.25) is 14.4 Å². The van der Waals surface area contributed by atoms with Crippen molar-refractivity contribution in [3.8, 4) is 0 Å². The molecule has 3 saturated heterocycles. The minimum absolute atomic E-state index is 0.00939. The van der Waals surface area contributed by atoms with Crippen LogP contribution in [0.25, 0.3) is 0 Å². The average molecular weight is 561 g/mol. The van der Waals surface area contributed by atoms with Crippen molar-refractivity contribution < 1.29 is 24.2 Å². The number of fused-ring (bicyclic) bond motifs is 1. The molecule has 9 heteroatoms. The number of anilines is 1. The molecule has 3 aliphatic heterocycles. The van der Waals surface area contributed by atoms with Crippen LogP contribution in [0.3, 0.4) is 0 Å². The van der Waals surface area contributed by atoms with Crippen molar-refractivity contribution in [2.24, 2.45) is 17.8 Å². The normalized spacial score (nSPS) is 29.3. The highest BCUT2D eigenvalue weighted by Crippen LogP contribution is 2.68. The molecule has 3 unspecified atom stereocenters. The van der Waals surface area contributed by atoms with Crippen molar-refractivity contribution in [2.75, 3.05) is 31.2 Å². The van der Waals surface area contributed by atoms with Crippen LogP contribution in [-0.2, 0) is 19.1 Å². The molecule has 1 spiro atoms. The van der Waals surface area contributed by atoms with E-state index in [9.17, 15) is 19.5 Å². The maximum Gasteiger partial charge on any atom is 0.310 e. The van der Waals surface area contributed by atoms with Gasteiger partial charge in [0.25, 0.3) is 5.91 Å². The van der Waals surface area contributed by atoms with E-state index in [2.05, 4.69) is 20.1 Å². The molecule has 0 radical (unpaired) electrons. The third kappa shape index (κ3) is 5.03. The summed E-state index contributed by atoms with van der Waals surface area (Å²) in [6.45, 7) is 10.6. The number of aliphatic hydroxyl groups is 1. The first-order chi connectivity index (χ1) is 18.3. The van der Waals surface area contributed by atoms with E-state index in [0.29, 0.717) is 36.5 Å². The molecule has 2 amide bonds. The number of thioether (sulfide) groups is 1. The number of unbranched alkanes of at least 4 members (excludes halogenated alkanes) is 2. The smallest absolute Gasteiger partial charge is 0.310 e. The molecule has 38 heavy (non-hydrogen) atoms. The average Bonchev–Trinajstić information content (AvgIpc) is 3.49. The number of ether oxygens (including phenoxy) is 1. The minimum atomic E-state index is -0.738. The summed E-state index contributed by atoms with van der Waals surface area (Å²) in [5, 5.41) is 9.88. The molecule has 3 heterocycles. The zero-order valence-electron chi connectivity index (χ0n) is 21.9. The van der Waals surface area contributed by atoms with E-state index >= 15 is 0 Å². The number of esters is 1. The summed E-state index contributed by atoms with van der Waals surface area (Å²) in [7, 11) is 0. The van der Waals surface area contributed by atoms with Gasteiger partial charge in [-0.1, -0.05) is 30.7 Å². The quantitative estimate of drug-likeness (QED) is 0.217. The summed E-state index contributed by atoms with van der Waals surface area (Å²) in [4.78, 5) is 45.2. The number of benzene rings is 1. The van der Waals surface area contributed by atoms with Crippen molar-refractivity contribution >= 4 is 46.8 Å². The molecule has 6 atom stereocenters. The van der Waals surface area contributed by atoms with Crippen LogP contribution in [0.4, 0.5) is 5.69 Å². The van der Waals surface area contributed by atoms with Crippen LogP contribution in [0.2, 0.25) is 5.02 Å². The van der Waals surface area contributed by atoms with Gasteiger partial charge >= 0.3 is 5.97 Å². The highest BCUT2D eigenvalue weighted by atomic mass is 35.5. The Bertz CT molecular complexity index is 1070. The molecule has 3 fully saturated rings. The van der Waals surface area contributed by atoms with Crippen LogP contribution >= 0.6 is 23.4 Å². The number of likely N-dealkylation sites (tertiary alicyclic amines) is 1. The number of carbonyl (C=O) groups excluding carboxylic acids is 3. The molecule has 1 aromatic rings. The molecule has 3 aliphatic rings. The molecule has 0 aliphatic carbocycles. The van der Waals surface area contributed by atoms with Crippen LogP contribution in [0.5, 0.6) is 0 Å². The van der Waals surface area contributed by atoms with E-state index in [0.717, 1.165) is 12.8 Å². The highest BCUT2D eigenvalue weighted by Gasteiger charge is 2.76. The lowest BCUT2D eigenvalue weighted by Crippen LogP contribution is -2.57. The number of hydrogen-bond acceptors (Lipinski definition) is 6. The number of carbonyl (C=O) groups is 3. The third-order valence-corrected chi connectivity index (χ3v) is 10.4. The van der Waals surface area contributed by atoms with Crippen molar-refractivity contribution in [3.05, 3.63) is 54.6 Å². The molecule has 1 N–H and O–H groups in total. The monoisotopic (exact) mass is 560 g/mol. The van der Waals surface area contributed by atoms with Gasteiger partial charge in [0.15, 0.2) is 0 Å². The van der Waals surface area contributed by atoms with E-state index in [-0.39, 0.29) is 48.7 Å². The fourth-order valence-corrected chi connectivity index (χ4v) is 8.95. The predicted octanol–water partition coefficient (Wildman–Crippen LogP) is 4.48. The van der Waals surface area contributed by atoms with E-state index in [1.54, 1.807) is 58.0 Å². The molecular formula is C29H37ClN2O5S. The topological polar surface area (TPSA) is 87.1 Å². The van der Waals surface area contributed by atoms with Gasteiger partial charge in [0.05, 0.1) is 23.2 Å². The Morgan fingerprint density at radius 2 is 1.97 bits per heavy atom. The summed E-state index contributed by atoms with van der Waals surface area (Å²) in [6.07, 6.45) is 6.73. The maximum atomic E-state index is 14.5. The molecule has 1 aromatic carbocycles. The molecule has 206 valence electrons. The van der Waals surface area contributed by atoms with Gasteiger partial charge in [0.2, 0.25) is 5.91 Å².